The van der Waals surface area contributed by atoms with E-state index in [0.29, 0.717) is 17.2 Å². The van der Waals surface area contributed by atoms with E-state index in [9.17, 15) is 13.2 Å². The fourth-order valence-corrected chi connectivity index (χ4v) is 3.92. The molecule has 158 valence electrons. The molecule has 0 spiro atoms. The van der Waals surface area contributed by atoms with Crippen molar-refractivity contribution in [3.63, 3.8) is 0 Å². The third-order valence-corrected chi connectivity index (χ3v) is 6.29. The first-order valence-electron chi connectivity index (χ1n) is 9.39. The largest absolute Gasteiger partial charge is 0.493 e. The first-order chi connectivity index (χ1) is 13.8. The Hall–Kier alpha value is -2.58. The number of benzene rings is 2. The second kappa shape index (κ2) is 10.3. The SMILES string of the molecule is CCCCc1ccc(NC(=O)CN(C)S(=O)(=O)c2ccc(OC)c(OC)c2)cc1. The van der Waals surface area contributed by atoms with Gasteiger partial charge in [-0.25, -0.2) is 8.42 Å². The summed E-state index contributed by atoms with van der Waals surface area (Å²) >= 11 is 0. The van der Waals surface area contributed by atoms with Crippen molar-refractivity contribution in [1.82, 2.24) is 4.31 Å². The summed E-state index contributed by atoms with van der Waals surface area (Å²) in [5.41, 5.74) is 1.84. The number of nitrogens with one attached hydrogen (secondary N) is 1. The molecular formula is C21H28N2O5S. The van der Waals surface area contributed by atoms with Gasteiger partial charge in [-0.2, -0.15) is 4.31 Å². The molecule has 0 bridgehead atoms. The number of hydrogen-bond acceptors (Lipinski definition) is 5. The number of sulfonamides is 1. The summed E-state index contributed by atoms with van der Waals surface area (Å²) in [6, 6.07) is 11.9. The van der Waals surface area contributed by atoms with Crippen LogP contribution in [0.25, 0.3) is 0 Å². The van der Waals surface area contributed by atoms with Crippen molar-refractivity contribution < 1.29 is 22.7 Å². The Kier molecular flexibility index (Phi) is 8.04. The van der Waals surface area contributed by atoms with Crippen molar-refractivity contribution >= 4 is 21.6 Å². The molecule has 0 heterocycles. The topological polar surface area (TPSA) is 84.9 Å². The molecule has 0 fully saturated rings. The molecule has 2 rings (SSSR count). The number of carbonyl (C=O) groups is 1. The van der Waals surface area contributed by atoms with Crippen molar-refractivity contribution in [3.8, 4) is 11.5 Å². The van der Waals surface area contributed by atoms with Crippen LogP contribution in [0.5, 0.6) is 11.5 Å². The zero-order valence-electron chi connectivity index (χ0n) is 17.3. The summed E-state index contributed by atoms with van der Waals surface area (Å²) in [6.07, 6.45) is 3.24. The van der Waals surface area contributed by atoms with Crippen LogP contribution in [-0.4, -0.2) is 46.4 Å². The Morgan fingerprint density at radius 3 is 2.28 bits per heavy atom. The number of methoxy groups -OCH3 is 2. The van der Waals surface area contributed by atoms with Gasteiger partial charge in [-0.3, -0.25) is 4.79 Å². The maximum absolute atomic E-state index is 12.8. The molecule has 0 aliphatic carbocycles. The lowest BCUT2D eigenvalue weighted by Crippen LogP contribution is -2.35. The Morgan fingerprint density at radius 2 is 1.69 bits per heavy atom. The summed E-state index contributed by atoms with van der Waals surface area (Å²) in [7, 11) is 0.397. The zero-order chi connectivity index (χ0) is 21.4. The summed E-state index contributed by atoms with van der Waals surface area (Å²) in [5, 5.41) is 2.73. The summed E-state index contributed by atoms with van der Waals surface area (Å²) in [4.78, 5) is 12.3. The maximum atomic E-state index is 12.8. The van der Waals surface area contributed by atoms with Gasteiger partial charge in [0, 0.05) is 18.8 Å². The number of carbonyl (C=O) groups excluding carboxylic acids is 1. The lowest BCUT2D eigenvalue weighted by molar-refractivity contribution is -0.116. The average molecular weight is 421 g/mol. The number of ether oxygens (including phenoxy) is 2. The van der Waals surface area contributed by atoms with Crippen LogP contribution in [0.3, 0.4) is 0 Å². The highest BCUT2D eigenvalue weighted by Gasteiger charge is 2.24. The van der Waals surface area contributed by atoms with Gasteiger partial charge in [-0.15, -0.1) is 0 Å². The molecule has 1 amide bonds. The van der Waals surface area contributed by atoms with Gasteiger partial charge in [0.2, 0.25) is 15.9 Å². The Balaban J connectivity index is 2.04. The monoisotopic (exact) mass is 420 g/mol. The fourth-order valence-electron chi connectivity index (χ4n) is 2.78. The van der Waals surface area contributed by atoms with Gasteiger partial charge in [-0.1, -0.05) is 25.5 Å². The number of unbranched alkanes of at least 4 members (excludes halogenated alkanes) is 1. The highest BCUT2D eigenvalue weighted by Crippen LogP contribution is 2.30. The minimum absolute atomic E-state index is 0.0192. The fraction of sp³-hybridized carbons (Fsp3) is 0.381. The molecule has 29 heavy (non-hydrogen) atoms. The number of rotatable bonds is 10. The quantitative estimate of drug-likeness (QED) is 0.637. The number of amides is 1. The van der Waals surface area contributed by atoms with E-state index in [4.69, 9.17) is 9.47 Å². The third-order valence-electron chi connectivity index (χ3n) is 4.49. The molecule has 7 nitrogen and oxygen atoms in total. The van der Waals surface area contributed by atoms with Crippen LogP contribution in [0.1, 0.15) is 25.3 Å². The van der Waals surface area contributed by atoms with Crippen LogP contribution in [0, 0.1) is 0 Å². The maximum Gasteiger partial charge on any atom is 0.243 e. The van der Waals surface area contributed by atoms with Crippen LogP contribution < -0.4 is 14.8 Å². The second-order valence-electron chi connectivity index (χ2n) is 6.63. The molecule has 0 saturated heterocycles. The van der Waals surface area contributed by atoms with E-state index >= 15 is 0 Å². The highest BCUT2D eigenvalue weighted by molar-refractivity contribution is 7.89. The lowest BCUT2D eigenvalue weighted by atomic mass is 10.1. The van der Waals surface area contributed by atoms with Gasteiger partial charge in [0.05, 0.1) is 25.7 Å². The van der Waals surface area contributed by atoms with Crippen molar-refractivity contribution in [3.05, 3.63) is 48.0 Å². The molecule has 0 saturated carbocycles. The summed E-state index contributed by atoms with van der Waals surface area (Å²) in [5.74, 6) is 0.307. The van der Waals surface area contributed by atoms with E-state index < -0.39 is 15.9 Å². The van der Waals surface area contributed by atoms with Crippen molar-refractivity contribution in [2.24, 2.45) is 0 Å². The number of hydrogen-bond donors (Lipinski definition) is 1. The molecule has 1 N–H and O–H groups in total. The number of likely N-dealkylation sites (N-methyl/N-ethyl adjacent to an activating group) is 1. The first kappa shape index (κ1) is 22.7. The summed E-state index contributed by atoms with van der Waals surface area (Å²) < 4.78 is 36.9. The number of nitrogens with zero attached hydrogens (tertiary/aromatic N) is 1. The second-order valence-corrected chi connectivity index (χ2v) is 8.67. The molecule has 0 radical (unpaired) electrons. The van der Waals surface area contributed by atoms with E-state index in [-0.39, 0.29) is 11.4 Å². The minimum atomic E-state index is -3.86. The Bertz CT molecular complexity index is 927. The van der Waals surface area contributed by atoms with Gasteiger partial charge in [0.15, 0.2) is 11.5 Å². The predicted octanol–water partition coefficient (Wildman–Crippen LogP) is 3.31. The molecule has 0 unspecified atom stereocenters. The predicted molar refractivity (Wildman–Crippen MR) is 113 cm³/mol. The zero-order valence-corrected chi connectivity index (χ0v) is 18.1. The normalized spacial score (nSPS) is 11.3. The number of aryl methyl sites for hydroxylation is 1. The van der Waals surface area contributed by atoms with Crippen molar-refractivity contribution in [1.29, 1.82) is 0 Å². The Morgan fingerprint density at radius 1 is 1.03 bits per heavy atom. The van der Waals surface area contributed by atoms with Crippen LogP contribution in [0.15, 0.2) is 47.4 Å². The molecule has 2 aromatic rings. The molecule has 0 aromatic heterocycles. The van der Waals surface area contributed by atoms with E-state index in [1.807, 2.05) is 24.3 Å². The number of anilines is 1. The van der Waals surface area contributed by atoms with Gasteiger partial charge >= 0.3 is 0 Å². The molecule has 8 heteroatoms. The molecule has 0 atom stereocenters. The average Bonchev–Trinajstić information content (AvgIpc) is 2.72. The van der Waals surface area contributed by atoms with E-state index in [2.05, 4.69) is 12.2 Å². The van der Waals surface area contributed by atoms with Crippen molar-refractivity contribution in [2.45, 2.75) is 31.1 Å². The minimum Gasteiger partial charge on any atom is -0.493 e. The molecular weight excluding hydrogens is 392 g/mol. The van der Waals surface area contributed by atoms with Crippen LogP contribution >= 0.6 is 0 Å². The molecule has 0 aliphatic rings. The van der Waals surface area contributed by atoms with E-state index in [1.165, 1.54) is 45.0 Å². The van der Waals surface area contributed by atoms with Gasteiger partial charge < -0.3 is 14.8 Å². The lowest BCUT2D eigenvalue weighted by Gasteiger charge is -2.18. The standard InChI is InChI=1S/C21H28N2O5S/c1-5-6-7-16-8-10-17(11-9-16)22-21(24)15-23(2)29(25,26)18-12-13-19(27-3)20(14-18)28-4/h8-14H,5-7,15H2,1-4H3,(H,22,24). The van der Waals surface area contributed by atoms with E-state index in [0.717, 1.165) is 23.6 Å². The smallest absolute Gasteiger partial charge is 0.243 e. The molecule has 0 aliphatic heterocycles. The van der Waals surface area contributed by atoms with Crippen LogP contribution in [0.2, 0.25) is 0 Å². The van der Waals surface area contributed by atoms with E-state index in [1.54, 1.807) is 0 Å². The van der Waals surface area contributed by atoms with Gasteiger partial charge in [0.1, 0.15) is 0 Å². The van der Waals surface area contributed by atoms with Crippen molar-refractivity contribution in [2.75, 3.05) is 33.1 Å². The van der Waals surface area contributed by atoms with Crippen LogP contribution in [0.4, 0.5) is 5.69 Å². The molecule has 2 aromatic carbocycles. The van der Waals surface area contributed by atoms with Crippen LogP contribution in [-0.2, 0) is 21.2 Å². The first-order valence-corrected chi connectivity index (χ1v) is 10.8. The summed E-state index contributed by atoms with van der Waals surface area (Å²) in [6.45, 7) is 1.83. The van der Waals surface area contributed by atoms with Gasteiger partial charge in [0.25, 0.3) is 0 Å². The Labute approximate surface area is 172 Å². The third kappa shape index (κ3) is 5.95. The highest BCUT2D eigenvalue weighted by atomic mass is 32.2. The van der Waals surface area contributed by atoms with Gasteiger partial charge in [-0.05, 0) is 42.7 Å².